The average Bonchev–Trinajstić information content (AvgIpc) is 2.51. The third-order valence-electron chi connectivity index (χ3n) is 3.91. The van der Waals surface area contributed by atoms with Gasteiger partial charge >= 0.3 is 0 Å². The third kappa shape index (κ3) is 3.16. The summed E-state index contributed by atoms with van der Waals surface area (Å²) in [6.45, 7) is 0. The summed E-state index contributed by atoms with van der Waals surface area (Å²) in [4.78, 5) is 12.4. The zero-order valence-electron chi connectivity index (χ0n) is 11.6. The molecule has 0 aliphatic carbocycles. The van der Waals surface area contributed by atoms with Crippen LogP contribution in [-0.4, -0.2) is 11.2 Å². The van der Waals surface area contributed by atoms with Crippen LogP contribution in [0.4, 0.5) is 0 Å². The highest BCUT2D eigenvalue weighted by Crippen LogP contribution is 2.38. The number of halogens is 3. The summed E-state index contributed by atoms with van der Waals surface area (Å²) in [5.74, 6) is 0.0712. The number of carbonyl (C=O) groups excluding carboxylic acids is 1. The molecular weight excluding hydrogens is 429 g/mol. The summed E-state index contributed by atoms with van der Waals surface area (Å²) < 4.78 is 1.96. The number of rotatable bonds is 2. The van der Waals surface area contributed by atoms with E-state index < -0.39 is 5.38 Å². The molecule has 5 heteroatoms. The van der Waals surface area contributed by atoms with E-state index in [1.165, 1.54) is 0 Å². The van der Waals surface area contributed by atoms with Gasteiger partial charge in [-0.1, -0.05) is 68.3 Å². The first-order chi connectivity index (χ1) is 10.6. The van der Waals surface area contributed by atoms with Gasteiger partial charge in [0.1, 0.15) is 5.38 Å². The molecule has 1 heterocycles. The fourth-order valence-corrected chi connectivity index (χ4v) is 4.18. The van der Waals surface area contributed by atoms with Gasteiger partial charge in [0.25, 0.3) is 0 Å². The van der Waals surface area contributed by atoms with Crippen molar-refractivity contribution in [3.8, 4) is 0 Å². The van der Waals surface area contributed by atoms with Gasteiger partial charge < -0.3 is 5.32 Å². The molecular formula is C17H14Br2ClNO. The van der Waals surface area contributed by atoms with E-state index in [-0.39, 0.29) is 17.9 Å². The van der Waals surface area contributed by atoms with E-state index in [4.69, 9.17) is 11.6 Å². The third-order valence-corrected chi connectivity index (χ3v) is 5.85. The van der Waals surface area contributed by atoms with Crippen LogP contribution in [0, 0.1) is 0 Å². The summed E-state index contributed by atoms with van der Waals surface area (Å²) in [6, 6.07) is 15.6. The van der Waals surface area contributed by atoms with Crippen LogP contribution in [0.25, 0.3) is 0 Å². The first kappa shape index (κ1) is 16.2. The van der Waals surface area contributed by atoms with E-state index in [0.29, 0.717) is 6.42 Å². The predicted molar refractivity (Wildman–Crippen MR) is 96.2 cm³/mol. The van der Waals surface area contributed by atoms with Crippen molar-refractivity contribution in [1.29, 1.82) is 0 Å². The molecule has 3 atom stereocenters. The Balaban J connectivity index is 1.96. The van der Waals surface area contributed by atoms with Crippen LogP contribution in [0.1, 0.15) is 29.6 Å². The molecule has 1 aliphatic heterocycles. The Bertz CT molecular complexity index is 707. The molecule has 0 bridgehead atoms. The number of hydrogen-bond acceptors (Lipinski definition) is 2. The minimum Gasteiger partial charge on any atom is -0.301 e. The van der Waals surface area contributed by atoms with E-state index in [0.717, 1.165) is 20.1 Å². The lowest BCUT2D eigenvalue weighted by molar-refractivity contribution is -0.121. The van der Waals surface area contributed by atoms with Crippen LogP contribution in [0.15, 0.2) is 57.5 Å². The normalized spacial score (nSPS) is 25.2. The van der Waals surface area contributed by atoms with Gasteiger partial charge in [-0.3, -0.25) is 4.79 Å². The number of piperidine rings is 1. The maximum absolute atomic E-state index is 12.4. The fourth-order valence-electron chi connectivity index (χ4n) is 2.79. The van der Waals surface area contributed by atoms with Crippen molar-refractivity contribution in [2.45, 2.75) is 23.9 Å². The quantitative estimate of drug-likeness (QED) is 0.650. The Morgan fingerprint density at radius 2 is 1.50 bits per heavy atom. The van der Waals surface area contributed by atoms with Gasteiger partial charge in [-0.05, 0) is 23.3 Å². The molecule has 2 aromatic carbocycles. The number of hydrogen-bond donors (Lipinski definition) is 1. The van der Waals surface area contributed by atoms with Crippen molar-refractivity contribution >= 4 is 49.2 Å². The molecule has 2 nitrogen and oxygen atoms in total. The Morgan fingerprint density at radius 3 is 2.09 bits per heavy atom. The number of alkyl halides is 1. The molecule has 1 N–H and O–H groups in total. The zero-order chi connectivity index (χ0) is 15.7. The summed E-state index contributed by atoms with van der Waals surface area (Å²) in [5, 5.41) is 2.98. The highest BCUT2D eigenvalue weighted by molar-refractivity contribution is 9.10. The van der Waals surface area contributed by atoms with Crippen LogP contribution in [0.5, 0.6) is 0 Å². The lowest BCUT2D eigenvalue weighted by Crippen LogP contribution is -2.43. The Hall–Kier alpha value is -0.680. The van der Waals surface area contributed by atoms with E-state index >= 15 is 0 Å². The maximum Gasteiger partial charge on any atom is 0.154 e. The van der Waals surface area contributed by atoms with Crippen LogP contribution in [0.2, 0.25) is 0 Å². The fraction of sp³-hybridized carbons (Fsp3) is 0.235. The molecule has 0 saturated carbocycles. The second-order valence-electron chi connectivity index (χ2n) is 5.31. The highest BCUT2D eigenvalue weighted by atomic mass is 79.9. The van der Waals surface area contributed by atoms with Gasteiger partial charge in [0.15, 0.2) is 5.78 Å². The van der Waals surface area contributed by atoms with Crippen molar-refractivity contribution in [3.05, 3.63) is 68.6 Å². The molecule has 2 aromatic rings. The molecule has 1 aliphatic rings. The van der Waals surface area contributed by atoms with Gasteiger partial charge in [0.2, 0.25) is 0 Å². The van der Waals surface area contributed by atoms with Crippen molar-refractivity contribution < 1.29 is 4.79 Å². The van der Waals surface area contributed by atoms with Gasteiger partial charge in [-0.2, -0.15) is 0 Å². The molecule has 0 spiro atoms. The van der Waals surface area contributed by atoms with Crippen molar-refractivity contribution in [3.63, 3.8) is 0 Å². The monoisotopic (exact) mass is 441 g/mol. The van der Waals surface area contributed by atoms with Crippen LogP contribution < -0.4 is 5.32 Å². The maximum atomic E-state index is 12.4. The van der Waals surface area contributed by atoms with E-state index in [2.05, 4.69) is 37.2 Å². The predicted octanol–water partition coefficient (Wildman–Crippen LogP) is 5.16. The Kier molecular flexibility index (Phi) is 5.03. The average molecular weight is 444 g/mol. The molecule has 3 rings (SSSR count). The van der Waals surface area contributed by atoms with Gasteiger partial charge in [-0.15, -0.1) is 11.6 Å². The van der Waals surface area contributed by atoms with Crippen LogP contribution in [0.3, 0.4) is 0 Å². The molecule has 0 aromatic heterocycles. The van der Waals surface area contributed by atoms with Crippen molar-refractivity contribution in [2.75, 3.05) is 0 Å². The minimum atomic E-state index is -0.558. The van der Waals surface area contributed by atoms with Crippen molar-refractivity contribution in [1.82, 2.24) is 5.32 Å². The number of Topliss-reactive ketones (excluding diaryl/α,β-unsaturated/α-hetero) is 1. The minimum absolute atomic E-state index is 0.0461. The lowest BCUT2D eigenvalue weighted by atomic mass is 9.89. The smallest absolute Gasteiger partial charge is 0.154 e. The van der Waals surface area contributed by atoms with Gasteiger partial charge in [0.05, 0.1) is 6.04 Å². The molecule has 0 amide bonds. The standard InChI is InChI=1S/C17H14Br2ClNO/c18-12-7-3-1-5-10(12)14-9-15(22)16(20)17(21-14)11-6-2-4-8-13(11)19/h1-8,14,16-17,21H,9H2. The second kappa shape index (κ2) is 6.83. The number of carbonyl (C=O) groups is 1. The summed E-state index contributed by atoms with van der Waals surface area (Å²) >= 11 is 13.5. The van der Waals surface area contributed by atoms with Gasteiger partial charge in [-0.25, -0.2) is 0 Å². The SMILES string of the molecule is O=C1CC(c2ccccc2Br)NC(c2ccccc2Br)C1Cl. The van der Waals surface area contributed by atoms with Crippen molar-refractivity contribution in [2.24, 2.45) is 0 Å². The summed E-state index contributed by atoms with van der Waals surface area (Å²) in [7, 11) is 0. The first-order valence-corrected chi connectivity index (χ1v) is 9.02. The number of ketones is 1. The zero-order valence-corrected chi connectivity index (χ0v) is 15.5. The van der Waals surface area contributed by atoms with E-state index in [1.807, 2.05) is 48.5 Å². The number of nitrogens with one attached hydrogen (secondary N) is 1. The molecule has 1 saturated heterocycles. The van der Waals surface area contributed by atoms with E-state index in [9.17, 15) is 4.79 Å². The lowest BCUT2D eigenvalue weighted by Gasteiger charge is -2.35. The molecule has 114 valence electrons. The second-order valence-corrected chi connectivity index (χ2v) is 7.49. The summed E-state index contributed by atoms with van der Waals surface area (Å²) in [5.41, 5.74) is 2.09. The molecule has 0 radical (unpaired) electrons. The van der Waals surface area contributed by atoms with Gasteiger partial charge in [0, 0.05) is 21.4 Å². The topological polar surface area (TPSA) is 29.1 Å². The molecule has 22 heavy (non-hydrogen) atoms. The van der Waals surface area contributed by atoms with Crippen LogP contribution >= 0.6 is 43.5 Å². The highest BCUT2D eigenvalue weighted by Gasteiger charge is 2.37. The van der Waals surface area contributed by atoms with E-state index in [1.54, 1.807) is 0 Å². The molecule has 3 unspecified atom stereocenters. The number of benzene rings is 2. The molecule has 1 fully saturated rings. The Morgan fingerprint density at radius 1 is 0.955 bits per heavy atom. The summed E-state index contributed by atoms with van der Waals surface area (Å²) in [6.07, 6.45) is 0.401. The first-order valence-electron chi connectivity index (χ1n) is 6.99. The largest absolute Gasteiger partial charge is 0.301 e. The Labute approximate surface area is 151 Å². The van der Waals surface area contributed by atoms with Crippen LogP contribution in [-0.2, 0) is 4.79 Å².